The molecular weight excluding hydrogens is 728 g/mol. The van der Waals surface area contributed by atoms with Crippen LogP contribution < -0.4 is 15.8 Å². The number of hydrogen-bond donors (Lipinski definition) is 0. The number of aromatic nitrogens is 1. The summed E-state index contributed by atoms with van der Waals surface area (Å²) in [5.41, 5.74) is 15.7. The second-order valence-electron chi connectivity index (χ2n) is 16.8. The molecule has 3 aromatic heterocycles. The van der Waals surface area contributed by atoms with Gasteiger partial charge in [-0.05, 0) is 97.0 Å². The zero-order valence-corrected chi connectivity index (χ0v) is 33.4. The Morgan fingerprint density at radius 2 is 1.19 bits per heavy atom. The fourth-order valence-corrected chi connectivity index (χ4v) is 12.6. The number of benzene rings is 8. The predicted octanol–water partition coefficient (Wildman–Crippen LogP) is 13.9. The van der Waals surface area contributed by atoms with Crippen LogP contribution in [0.25, 0.3) is 84.4 Å². The lowest BCUT2D eigenvalue weighted by Gasteiger charge is -2.42. The molecule has 2 nitrogen and oxygen atoms in total. The van der Waals surface area contributed by atoms with Crippen molar-refractivity contribution in [3.05, 3.63) is 163 Å². The summed E-state index contributed by atoms with van der Waals surface area (Å²) in [6.07, 6.45) is 0. The van der Waals surface area contributed by atoms with Gasteiger partial charge in [-0.15, -0.1) is 22.7 Å². The Kier molecular flexibility index (Phi) is 6.32. The van der Waals surface area contributed by atoms with Gasteiger partial charge < -0.3 is 9.38 Å². The quantitative estimate of drug-likeness (QED) is 0.159. The van der Waals surface area contributed by atoms with Crippen LogP contribution in [0.3, 0.4) is 0 Å². The summed E-state index contributed by atoms with van der Waals surface area (Å²) >= 11 is 3.86. The van der Waals surface area contributed by atoms with Gasteiger partial charge in [0, 0.05) is 52.9 Å². The minimum absolute atomic E-state index is 0.00494. The summed E-state index contributed by atoms with van der Waals surface area (Å²) in [5.74, 6) is 0. The fourth-order valence-electron chi connectivity index (χ4n) is 10.3. The van der Waals surface area contributed by atoms with Gasteiger partial charge in [0.1, 0.15) is 0 Å². The maximum atomic E-state index is 2.77. The van der Waals surface area contributed by atoms with Gasteiger partial charge in [-0.1, -0.05) is 136 Å². The molecule has 0 N–H and O–H groups in total. The number of fused-ring (bicyclic) bond motifs is 15. The Hall–Kier alpha value is -6.14. The Labute approximate surface area is 339 Å². The van der Waals surface area contributed by atoms with E-state index in [0.29, 0.717) is 0 Å². The molecule has 0 saturated carbocycles. The number of hydrogen-bond acceptors (Lipinski definition) is 3. The van der Waals surface area contributed by atoms with Crippen molar-refractivity contribution in [2.24, 2.45) is 0 Å². The van der Waals surface area contributed by atoms with Crippen molar-refractivity contribution in [3.63, 3.8) is 0 Å². The van der Waals surface area contributed by atoms with Crippen LogP contribution in [-0.2, 0) is 5.41 Å². The van der Waals surface area contributed by atoms with E-state index in [9.17, 15) is 0 Å². The third kappa shape index (κ3) is 4.20. The first-order chi connectivity index (χ1) is 27.9. The minimum atomic E-state index is -0.0468. The van der Waals surface area contributed by atoms with E-state index in [-0.39, 0.29) is 12.3 Å². The van der Waals surface area contributed by atoms with Crippen molar-refractivity contribution in [1.29, 1.82) is 0 Å². The van der Waals surface area contributed by atoms with E-state index in [2.05, 4.69) is 188 Å². The van der Waals surface area contributed by atoms with Crippen molar-refractivity contribution in [1.82, 2.24) is 4.48 Å². The highest BCUT2D eigenvalue weighted by atomic mass is 32.1. The van der Waals surface area contributed by atoms with Crippen molar-refractivity contribution >= 4 is 120 Å². The Bertz CT molecular complexity index is 3530. The van der Waals surface area contributed by atoms with Gasteiger partial charge >= 0.3 is 6.85 Å². The topological polar surface area (TPSA) is 8.17 Å². The van der Waals surface area contributed by atoms with Crippen LogP contribution in [0.2, 0.25) is 0 Å². The van der Waals surface area contributed by atoms with E-state index >= 15 is 0 Å². The van der Waals surface area contributed by atoms with E-state index in [1.54, 1.807) is 0 Å². The zero-order valence-electron chi connectivity index (χ0n) is 31.8. The van der Waals surface area contributed by atoms with Crippen LogP contribution in [0, 0.1) is 0 Å². The van der Waals surface area contributed by atoms with Gasteiger partial charge in [0.15, 0.2) is 0 Å². The highest BCUT2D eigenvalue weighted by Gasteiger charge is 2.45. The second-order valence-corrected chi connectivity index (χ2v) is 18.9. The van der Waals surface area contributed by atoms with E-state index in [1.807, 2.05) is 22.7 Å². The fraction of sp³-hybridized carbons (Fsp3) is 0.0769. The van der Waals surface area contributed by atoms with E-state index < -0.39 is 0 Å². The van der Waals surface area contributed by atoms with Gasteiger partial charge in [0.05, 0.1) is 15.9 Å². The number of rotatable bonds is 2. The summed E-state index contributed by atoms with van der Waals surface area (Å²) in [4.78, 5) is 2.63. The molecule has 0 bridgehead atoms. The number of para-hydroxylation sites is 1. The molecule has 0 fully saturated rings. The van der Waals surface area contributed by atoms with Crippen molar-refractivity contribution in [3.8, 4) is 22.3 Å². The maximum Gasteiger partial charge on any atom is 0.333 e. The Morgan fingerprint density at radius 3 is 2.02 bits per heavy atom. The second kappa shape index (κ2) is 11.3. The van der Waals surface area contributed by atoms with Crippen LogP contribution >= 0.6 is 22.7 Å². The lowest BCUT2D eigenvalue weighted by molar-refractivity contribution is 0.590. The zero-order chi connectivity index (χ0) is 37.7. The Balaban J connectivity index is 1.27. The van der Waals surface area contributed by atoms with Crippen LogP contribution in [-0.4, -0.2) is 11.3 Å². The highest BCUT2D eigenvalue weighted by Crippen LogP contribution is 2.52. The molecular formula is C52H35BN2S2. The molecule has 0 aliphatic carbocycles. The molecule has 0 spiro atoms. The van der Waals surface area contributed by atoms with Crippen molar-refractivity contribution in [2.75, 3.05) is 4.90 Å². The number of anilines is 3. The third-order valence-electron chi connectivity index (χ3n) is 12.7. The molecule has 8 aromatic carbocycles. The first-order valence-electron chi connectivity index (χ1n) is 19.9. The molecule has 268 valence electrons. The molecule has 2 aliphatic rings. The first kappa shape index (κ1) is 32.0. The lowest BCUT2D eigenvalue weighted by Crippen LogP contribution is -2.57. The van der Waals surface area contributed by atoms with E-state index in [4.69, 9.17) is 0 Å². The van der Waals surface area contributed by atoms with Crippen molar-refractivity contribution in [2.45, 2.75) is 26.2 Å². The third-order valence-corrected chi connectivity index (χ3v) is 15.0. The number of thiophene rings is 2. The maximum absolute atomic E-state index is 2.77. The molecule has 57 heavy (non-hydrogen) atoms. The highest BCUT2D eigenvalue weighted by molar-refractivity contribution is 7.27. The van der Waals surface area contributed by atoms with Crippen LogP contribution in [0.15, 0.2) is 158 Å². The average Bonchev–Trinajstić information content (AvgIpc) is 3.91. The molecule has 11 aromatic rings. The van der Waals surface area contributed by atoms with Gasteiger partial charge in [0.2, 0.25) is 0 Å². The average molecular weight is 763 g/mol. The lowest BCUT2D eigenvalue weighted by atomic mass is 9.44. The molecule has 0 amide bonds. The molecule has 5 heterocycles. The van der Waals surface area contributed by atoms with Gasteiger partial charge in [-0.25, -0.2) is 0 Å². The SMILES string of the molecule is CC(C)(C)c1ccc(N2c3cc4ccccc4c4c3B(c3c2ccc2sc5ccccc5c32)n2c3c-4cccc3c3sc4ccccc4c32)c(-c2ccccc2)c1. The predicted molar refractivity (Wildman–Crippen MR) is 250 cm³/mol. The first-order valence-corrected chi connectivity index (χ1v) is 21.5. The summed E-state index contributed by atoms with van der Waals surface area (Å²) in [5, 5.41) is 7.96. The molecule has 0 radical (unpaired) electrons. The summed E-state index contributed by atoms with van der Waals surface area (Å²) in [6.45, 7) is 6.91. The molecule has 2 aliphatic heterocycles. The summed E-state index contributed by atoms with van der Waals surface area (Å²) in [7, 11) is 0. The summed E-state index contributed by atoms with van der Waals surface area (Å²) < 4.78 is 8.15. The van der Waals surface area contributed by atoms with Crippen LogP contribution in [0.4, 0.5) is 17.1 Å². The molecule has 5 heteroatoms. The number of nitrogens with zero attached hydrogens (tertiary/aromatic N) is 2. The Morgan fingerprint density at radius 1 is 0.491 bits per heavy atom. The van der Waals surface area contributed by atoms with Crippen LogP contribution in [0.5, 0.6) is 0 Å². The smallest absolute Gasteiger partial charge is 0.333 e. The normalized spacial score (nSPS) is 13.5. The van der Waals surface area contributed by atoms with Crippen LogP contribution in [0.1, 0.15) is 26.3 Å². The van der Waals surface area contributed by atoms with Gasteiger partial charge in [-0.2, -0.15) is 0 Å². The molecule has 13 rings (SSSR count). The summed E-state index contributed by atoms with van der Waals surface area (Å²) in [6, 6.07) is 59.8. The van der Waals surface area contributed by atoms with Crippen molar-refractivity contribution < 1.29 is 0 Å². The molecule has 0 unspecified atom stereocenters. The molecule has 0 saturated heterocycles. The van der Waals surface area contributed by atoms with E-state index in [0.717, 1.165) is 0 Å². The standard InChI is InChI=1S/C52H35BN2S2/c1-52(2,3)32-24-25-39(38(29-32)30-14-5-4-6-15-30)54-40-26-27-44-46(34-18-9-11-22-42(34)56-44)47(40)53-48-41(54)28-31-16-7-8-17-33(31)45(48)36-20-13-21-37-49(36)55(53)50-35-19-10-12-23-43(35)57-51(37)50/h4-29H,1-3H3. The monoisotopic (exact) mass is 762 g/mol. The van der Waals surface area contributed by atoms with Gasteiger partial charge in [0.25, 0.3) is 0 Å². The molecule has 0 atom stereocenters. The van der Waals surface area contributed by atoms with Gasteiger partial charge in [-0.3, -0.25) is 0 Å². The largest absolute Gasteiger partial charge is 0.374 e. The minimum Gasteiger partial charge on any atom is -0.374 e. The van der Waals surface area contributed by atoms with E-state index in [1.165, 1.54) is 118 Å².